The summed E-state index contributed by atoms with van der Waals surface area (Å²) in [4.78, 5) is 20.0. The molecule has 0 saturated heterocycles. The third-order valence-electron chi connectivity index (χ3n) is 1.69. The molecule has 16 heavy (non-hydrogen) atoms. The average molecular weight is 224 g/mol. The zero-order valence-electron chi connectivity index (χ0n) is 8.75. The van der Waals surface area contributed by atoms with Gasteiger partial charge in [-0.25, -0.2) is 10.7 Å². The summed E-state index contributed by atoms with van der Waals surface area (Å²) in [5.41, 5.74) is 0.671. The average Bonchev–Trinajstić information content (AvgIpc) is 2.29. The van der Waals surface area contributed by atoms with E-state index in [1.54, 1.807) is 24.3 Å². The SMILES string of the molecule is CON=CC(=O)Oc1ccccc1CON. The molecule has 6 heteroatoms. The van der Waals surface area contributed by atoms with E-state index in [-0.39, 0.29) is 6.61 Å². The van der Waals surface area contributed by atoms with Crippen molar-refractivity contribution in [1.82, 2.24) is 0 Å². The lowest BCUT2D eigenvalue weighted by Crippen LogP contribution is -2.11. The van der Waals surface area contributed by atoms with Crippen molar-refractivity contribution in [1.29, 1.82) is 0 Å². The van der Waals surface area contributed by atoms with Crippen LogP contribution in [0.2, 0.25) is 0 Å². The second kappa shape index (κ2) is 6.54. The number of nitrogens with two attached hydrogens (primary N) is 1. The van der Waals surface area contributed by atoms with Gasteiger partial charge in [0, 0.05) is 5.56 Å². The Morgan fingerprint density at radius 1 is 1.50 bits per heavy atom. The second-order valence-electron chi connectivity index (χ2n) is 2.76. The lowest BCUT2D eigenvalue weighted by atomic mass is 10.2. The van der Waals surface area contributed by atoms with Crippen LogP contribution in [0.4, 0.5) is 0 Å². The predicted molar refractivity (Wildman–Crippen MR) is 56.6 cm³/mol. The molecule has 0 fully saturated rings. The lowest BCUT2D eigenvalue weighted by molar-refractivity contribution is -0.126. The van der Waals surface area contributed by atoms with Crippen molar-refractivity contribution < 1.29 is 19.2 Å². The number of carbonyl (C=O) groups excluding carboxylic acids is 1. The molecule has 0 unspecified atom stereocenters. The second-order valence-corrected chi connectivity index (χ2v) is 2.76. The van der Waals surface area contributed by atoms with Gasteiger partial charge in [-0.3, -0.25) is 4.84 Å². The summed E-state index contributed by atoms with van der Waals surface area (Å²) >= 11 is 0. The smallest absolute Gasteiger partial charge is 0.358 e. The number of para-hydroxylation sites is 1. The molecule has 0 amide bonds. The number of oxime groups is 1. The van der Waals surface area contributed by atoms with Crippen LogP contribution in [0, 0.1) is 0 Å². The standard InChI is InChI=1S/C10H12N2O4/c1-14-12-6-10(13)16-9-5-3-2-4-8(9)7-15-11/h2-6H,7,11H2,1H3. The van der Waals surface area contributed by atoms with Crippen LogP contribution >= 0.6 is 0 Å². The summed E-state index contributed by atoms with van der Waals surface area (Å²) in [6.07, 6.45) is 0.931. The first-order valence-corrected chi connectivity index (χ1v) is 4.46. The molecule has 1 aromatic carbocycles. The van der Waals surface area contributed by atoms with Gasteiger partial charge in [0.1, 0.15) is 12.9 Å². The Bertz CT molecular complexity index is 379. The van der Waals surface area contributed by atoms with E-state index in [2.05, 4.69) is 14.8 Å². The van der Waals surface area contributed by atoms with Crippen molar-refractivity contribution in [3.8, 4) is 5.75 Å². The molecular weight excluding hydrogens is 212 g/mol. The maximum absolute atomic E-state index is 11.2. The number of ether oxygens (including phenoxy) is 1. The summed E-state index contributed by atoms with van der Waals surface area (Å²) < 4.78 is 5.00. The van der Waals surface area contributed by atoms with Gasteiger partial charge in [-0.1, -0.05) is 23.4 Å². The molecule has 0 heterocycles. The van der Waals surface area contributed by atoms with Gasteiger partial charge in [0.15, 0.2) is 6.21 Å². The molecule has 1 aromatic rings. The van der Waals surface area contributed by atoms with Crippen molar-refractivity contribution in [2.24, 2.45) is 11.1 Å². The molecular formula is C10H12N2O4. The molecule has 0 aliphatic rings. The van der Waals surface area contributed by atoms with Gasteiger partial charge >= 0.3 is 5.97 Å². The highest BCUT2D eigenvalue weighted by atomic mass is 16.6. The van der Waals surface area contributed by atoms with Gasteiger partial charge in [0.05, 0.1) is 6.61 Å². The molecule has 2 N–H and O–H groups in total. The minimum absolute atomic E-state index is 0.158. The van der Waals surface area contributed by atoms with E-state index in [1.165, 1.54) is 7.11 Å². The van der Waals surface area contributed by atoms with Crippen LogP contribution in [0.3, 0.4) is 0 Å². The minimum atomic E-state index is -0.633. The first-order valence-electron chi connectivity index (χ1n) is 4.46. The van der Waals surface area contributed by atoms with Crippen LogP contribution < -0.4 is 10.6 Å². The largest absolute Gasteiger partial charge is 0.422 e. The van der Waals surface area contributed by atoms with Gasteiger partial charge in [0.25, 0.3) is 0 Å². The van der Waals surface area contributed by atoms with Crippen molar-refractivity contribution in [2.45, 2.75) is 6.61 Å². The summed E-state index contributed by atoms with van der Waals surface area (Å²) in [5, 5.41) is 3.29. The zero-order chi connectivity index (χ0) is 11.8. The van der Waals surface area contributed by atoms with E-state index in [4.69, 9.17) is 10.6 Å². The Labute approximate surface area is 92.5 Å². The predicted octanol–water partition coefficient (Wildman–Crippen LogP) is 0.615. The number of hydrogen-bond donors (Lipinski definition) is 1. The Hall–Kier alpha value is -1.92. The van der Waals surface area contributed by atoms with E-state index < -0.39 is 5.97 Å². The highest BCUT2D eigenvalue weighted by Crippen LogP contribution is 2.18. The molecule has 0 bridgehead atoms. The third kappa shape index (κ3) is 3.68. The van der Waals surface area contributed by atoms with Gasteiger partial charge in [0.2, 0.25) is 0 Å². The number of benzene rings is 1. The molecule has 1 rings (SSSR count). The number of esters is 1. The van der Waals surface area contributed by atoms with Crippen LogP contribution in [0.1, 0.15) is 5.56 Å². The maximum atomic E-state index is 11.2. The van der Waals surface area contributed by atoms with Crippen LogP contribution in [-0.2, 0) is 21.1 Å². The van der Waals surface area contributed by atoms with Gasteiger partial charge < -0.3 is 9.57 Å². The highest BCUT2D eigenvalue weighted by Gasteiger charge is 2.06. The van der Waals surface area contributed by atoms with Crippen molar-refractivity contribution >= 4 is 12.2 Å². The molecule has 0 spiro atoms. The van der Waals surface area contributed by atoms with Gasteiger partial charge in [-0.2, -0.15) is 0 Å². The fourth-order valence-electron chi connectivity index (χ4n) is 1.04. The molecule has 0 aromatic heterocycles. The van der Waals surface area contributed by atoms with Crippen molar-refractivity contribution in [3.63, 3.8) is 0 Å². The first kappa shape index (κ1) is 12.2. The normalized spacial score (nSPS) is 10.4. The van der Waals surface area contributed by atoms with E-state index in [1.807, 2.05) is 0 Å². The Morgan fingerprint density at radius 3 is 2.94 bits per heavy atom. The van der Waals surface area contributed by atoms with Crippen LogP contribution in [0.25, 0.3) is 0 Å². The topological polar surface area (TPSA) is 83.1 Å². The highest BCUT2D eigenvalue weighted by molar-refractivity contribution is 6.23. The number of rotatable bonds is 5. The number of nitrogens with zero attached hydrogens (tertiary/aromatic N) is 1. The van der Waals surface area contributed by atoms with E-state index in [0.717, 1.165) is 6.21 Å². The number of carbonyl (C=O) groups is 1. The van der Waals surface area contributed by atoms with Crippen molar-refractivity contribution in [2.75, 3.05) is 7.11 Å². The Balaban J connectivity index is 2.72. The summed E-state index contributed by atoms with van der Waals surface area (Å²) in [7, 11) is 1.33. The van der Waals surface area contributed by atoms with Gasteiger partial charge in [-0.05, 0) is 6.07 Å². The quantitative estimate of drug-likeness (QED) is 0.343. The van der Waals surface area contributed by atoms with Crippen LogP contribution in [0.5, 0.6) is 5.75 Å². The summed E-state index contributed by atoms with van der Waals surface area (Å²) in [6, 6.07) is 6.89. The number of hydrogen-bond acceptors (Lipinski definition) is 6. The van der Waals surface area contributed by atoms with E-state index >= 15 is 0 Å². The molecule has 0 aliphatic heterocycles. The first-order chi connectivity index (χ1) is 7.77. The summed E-state index contributed by atoms with van der Waals surface area (Å²) in [5.74, 6) is 4.70. The van der Waals surface area contributed by atoms with Gasteiger partial charge in [-0.15, -0.1) is 0 Å². The molecule has 6 nitrogen and oxygen atoms in total. The zero-order valence-corrected chi connectivity index (χ0v) is 8.75. The molecule has 0 radical (unpaired) electrons. The van der Waals surface area contributed by atoms with E-state index in [9.17, 15) is 4.79 Å². The lowest BCUT2D eigenvalue weighted by Gasteiger charge is -2.06. The summed E-state index contributed by atoms with van der Waals surface area (Å²) in [6.45, 7) is 0.158. The van der Waals surface area contributed by atoms with Crippen LogP contribution in [0.15, 0.2) is 29.4 Å². The molecule has 0 saturated carbocycles. The Kier molecular flexibility index (Phi) is 4.97. The fourth-order valence-corrected chi connectivity index (χ4v) is 1.04. The molecule has 0 aliphatic carbocycles. The minimum Gasteiger partial charge on any atom is -0.422 e. The van der Waals surface area contributed by atoms with E-state index in [0.29, 0.717) is 11.3 Å². The van der Waals surface area contributed by atoms with Crippen LogP contribution in [-0.4, -0.2) is 19.3 Å². The van der Waals surface area contributed by atoms with Crippen molar-refractivity contribution in [3.05, 3.63) is 29.8 Å². The maximum Gasteiger partial charge on any atom is 0.358 e. The Morgan fingerprint density at radius 2 is 2.25 bits per heavy atom. The third-order valence-corrected chi connectivity index (χ3v) is 1.69. The monoisotopic (exact) mass is 224 g/mol. The molecule has 0 atom stereocenters. The fraction of sp³-hybridized carbons (Fsp3) is 0.200. The molecule has 86 valence electrons.